The summed E-state index contributed by atoms with van der Waals surface area (Å²) in [7, 11) is 0. The molecule has 1 aromatic rings. The van der Waals surface area contributed by atoms with Gasteiger partial charge in [0.1, 0.15) is 0 Å². The standard InChI is InChI=1S/C17H25N3O3/c1-10-5-8-23-15(10)17(22)20-7-2-6-19-16(21)13-11-3-4-12(9-11)14(13)18/h5,8,11-14H,2-4,6-7,9,18H2,1H3,(H,19,21)(H,20,22). The molecule has 4 atom stereocenters. The second-order valence-electron chi connectivity index (χ2n) is 6.77. The molecule has 0 spiro atoms. The van der Waals surface area contributed by atoms with E-state index in [9.17, 15) is 9.59 Å². The van der Waals surface area contributed by atoms with Gasteiger partial charge < -0.3 is 20.8 Å². The first-order valence-electron chi connectivity index (χ1n) is 8.43. The molecular formula is C17H25N3O3. The van der Waals surface area contributed by atoms with Crippen LogP contribution in [-0.2, 0) is 4.79 Å². The molecule has 2 fully saturated rings. The van der Waals surface area contributed by atoms with Crippen LogP contribution in [0.1, 0.15) is 41.8 Å². The Bertz CT molecular complexity index is 581. The first-order valence-corrected chi connectivity index (χ1v) is 8.43. The van der Waals surface area contributed by atoms with E-state index in [4.69, 9.17) is 10.2 Å². The zero-order chi connectivity index (χ0) is 16.4. The van der Waals surface area contributed by atoms with Crippen LogP contribution in [0, 0.1) is 24.7 Å². The molecule has 4 N–H and O–H groups in total. The Morgan fingerprint density at radius 2 is 2.00 bits per heavy atom. The van der Waals surface area contributed by atoms with Crippen molar-refractivity contribution in [2.75, 3.05) is 13.1 Å². The summed E-state index contributed by atoms with van der Waals surface area (Å²) in [6.07, 6.45) is 5.61. The molecule has 23 heavy (non-hydrogen) atoms. The quantitative estimate of drug-likeness (QED) is 0.686. The van der Waals surface area contributed by atoms with Crippen molar-refractivity contribution in [3.8, 4) is 0 Å². The molecule has 6 heteroatoms. The molecule has 2 saturated carbocycles. The molecule has 6 nitrogen and oxygen atoms in total. The number of amides is 2. The molecule has 2 aliphatic rings. The molecule has 0 radical (unpaired) electrons. The second-order valence-corrected chi connectivity index (χ2v) is 6.77. The molecule has 1 aromatic heterocycles. The minimum atomic E-state index is -0.214. The van der Waals surface area contributed by atoms with E-state index < -0.39 is 0 Å². The molecule has 2 aliphatic carbocycles. The molecule has 0 saturated heterocycles. The Morgan fingerprint density at radius 3 is 2.65 bits per heavy atom. The summed E-state index contributed by atoms with van der Waals surface area (Å²) in [6, 6.07) is 1.78. The molecule has 2 bridgehead atoms. The summed E-state index contributed by atoms with van der Waals surface area (Å²) >= 11 is 0. The lowest BCUT2D eigenvalue weighted by atomic mass is 9.84. The fourth-order valence-electron chi connectivity index (χ4n) is 4.03. The molecule has 3 rings (SSSR count). The van der Waals surface area contributed by atoms with E-state index in [2.05, 4.69) is 10.6 Å². The Morgan fingerprint density at radius 1 is 1.26 bits per heavy atom. The van der Waals surface area contributed by atoms with Crippen LogP contribution in [0.5, 0.6) is 0 Å². The number of furan rings is 1. The zero-order valence-corrected chi connectivity index (χ0v) is 13.5. The highest BCUT2D eigenvalue weighted by Gasteiger charge is 2.48. The number of aryl methyl sites for hydroxylation is 1. The van der Waals surface area contributed by atoms with Gasteiger partial charge in [-0.1, -0.05) is 0 Å². The average Bonchev–Trinajstić information content (AvgIpc) is 3.22. The number of fused-ring (bicyclic) bond motifs is 2. The van der Waals surface area contributed by atoms with Gasteiger partial charge in [-0.3, -0.25) is 9.59 Å². The Labute approximate surface area is 136 Å². The van der Waals surface area contributed by atoms with Crippen molar-refractivity contribution in [1.82, 2.24) is 10.6 Å². The molecule has 2 amide bonds. The number of hydrogen-bond donors (Lipinski definition) is 3. The van der Waals surface area contributed by atoms with E-state index in [1.807, 2.05) is 6.92 Å². The monoisotopic (exact) mass is 319 g/mol. The summed E-state index contributed by atoms with van der Waals surface area (Å²) in [4.78, 5) is 24.1. The summed E-state index contributed by atoms with van der Waals surface area (Å²) in [5.41, 5.74) is 7.00. The van der Waals surface area contributed by atoms with Crippen molar-refractivity contribution in [3.05, 3.63) is 23.7 Å². The maximum absolute atomic E-state index is 12.3. The highest BCUT2D eigenvalue weighted by atomic mass is 16.3. The van der Waals surface area contributed by atoms with Crippen LogP contribution in [0.2, 0.25) is 0 Å². The van der Waals surface area contributed by atoms with Crippen LogP contribution >= 0.6 is 0 Å². The van der Waals surface area contributed by atoms with Gasteiger partial charge in [0.25, 0.3) is 5.91 Å². The Kier molecular flexibility index (Phi) is 4.71. The first-order chi connectivity index (χ1) is 11.1. The lowest BCUT2D eigenvalue weighted by Gasteiger charge is -2.27. The van der Waals surface area contributed by atoms with E-state index in [0.717, 1.165) is 18.4 Å². The van der Waals surface area contributed by atoms with Crippen molar-refractivity contribution in [1.29, 1.82) is 0 Å². The minimum absolute atomic E-state index is 0.0193. The van der Waals surface area contributed by atoms with Crippen LogP contribution in [0.15, 0.2) is 16.7 Å². The maximum atomic E-state index is 12.3. The number of carbonyl (C=O) groups excluding carboxylic acids is 2. The number of nitrogens with two attached hydrogens (primary N) is 1. The highest BCUT2D eigenvalue weighted by Crippen LogP contribution is 2.47. The van der Waals surface area contributed by atoms with Gasteiger partial charge in [0.15, 0.2) is 5.76 Å². The van der Waals surface area contributed by atoms with Crippen molar-refractivity contribution in [3.63, 3.8) is 0 Å². The predicted molar refractivity (Wildman–Crippen MR) is 85.7 cm³/mol. The van der Waals surface area contributed by atoms with E-state index in [0.29, 0.717) is 37.1 Å². The Balaban J connectivity index is 1.35. The van der Waals surface area contributed by atoms with Crippen LogP contribution in [0.4, 0.5) is 0 Å². The van der Waals surface area contributed by atoms with Crippen molar-refractivity contribution in [2.45, 2.75) is 38.6 Å². The predicted octanol–water partition coefficient (Wildman–Crippen LogP) is 1.20. The molecule has 1 heterocycles. The third kappa shape index (κ3) is 3.27. The number of nitrogens with one attached hydrogen (secondary N) is 2. The van der Waals surface area contributed by atoms with Crippen LogP contribution < -0.4 is 16.4 Å². The summed E-state index contributed by atoms with van der Waals surface area (Å²) in [6.45, 7) is 2.88. The maximum Gasteiger partial charge on any atom is 0.287 e. The molecule has 126 valence electrons. The molecular weight excluding hydrogens is 294 g/mol. The number of hydrogen-bond acceptors (Lipinski definition) is 4. The topological polar surface area (TPSA) is 97.4 Å². The lowest BCUT2D eigenvalue weighted by Crippen LogP contribution is -2.45. The van der Waals surface area contributed by atoms with Crippen molar-refractivity contribution < 1.29 is 14.0 Å². The summed E-state index contributed by atoms with van der Waals surface area (Å²) in [5, 5.41) is 5.76. The fraction of sp³-hybridized carbons (Fsp3) is 0.647. The second kappa shape index (κ2) is 6.74. The fourth-order valence-corrected chi connectivity index (χ4v) is 4.03. The van der Waals surface area contributed by atoms with Gasteiger partial charge in [-0.05, 0) is 50.5 Å². The zero-order valence-electron chi connectivity index (χ0n) is 13.5. The molecule has 0 aliphatic heterocycles. The summed E-state index contributed by atoms with van der Waals surface area (Å²) < 4.78 is 5.13. The van der Waals surface area contributed by atoms with Gasteiger partial charge in [0, 0.05) is 24.7 Å². The third-order valence-corrected chi connectivity index (χ3v) is 5.29. The van der Waals surface area contributed by atoms with Gasteiger partial charge >= 0.3 is 0 Å². The van der Waals surface area contributed by atoms with Crippen molar-refractivity contribution in [2.24, 2.45) is 23.5 Å². The van der Waals surface area contributed by atoms with Crippen molar-refractivity contribution >= 4 is 11.8 Å². The number of rotatable bonds is 6. The lowest BCUT2D eigenvalue weighted by molar-refractivity contribution is -0.127. The highest BCUT2D eigenvalue weighted by molar-refractivity contribution is 5.92. The average molecular weight is 319 g/mol. The number of carbonyl (C=O) groups is 2. The van der Waals surface area contributed by atoms with Crippen LogP contribution in [0.25, 0.3) is 0 Å². The van der Waals surface area contributed by atoms with E-state index in [1.54, 1.807) is 6.07 Å². The van der Waals surface area contributed by atoms with Gasteiger partial charge in [-0.2, -0.15) is 0 Å². The molecule has 4 unspecified atom stereocenters. The van der Waals surface area contributed by atoms with E-state index in [-0.39, 0.29) is 23.8 Å². The van der Waals surface area contributed by atoms with E-state index >= 15 is 0 Å². The van der Waals surface area contributed by atoms with Crippen LogP contribution in [-0.4, -0.2) is 30.9 Å². The van der Waals surface area contributed by atoms with E-state index in [1.165, 1.54) is 12.7 Å². The summed E-state index contributed by atoms with van der Waals surface area (Å²) in [5.74, 6) is 1.20. The van der Waals surface area contributed by atoms with Gasteiger partial charge in [0.05, 0.1) is 12.2 Å². The van der Waals surface area contributed by atoms with Gasteiger partial charge in [-0.25, -0.2) is 0 Å². The first kappa shape index (κ1) is 16.1. The normalized spacial score (nSPS) is 28.8. The molecule has 0 aromatic carbocycles. The SMILES string of the molecule is Cc1ccoc1C(=O)NCCCNC(=O)C1C2CCC(C2)C1N. The minimum Gasteiger partial charge on any atom is -0.459 e. The van der Waals surface area contributed by atoms with Gasteiger partial charge in [0.2, 0.25) is 5.91 Å². The smallest absolute Gasteiger partial charge is 0.287 e. The van der Waals surface area contributed by atoms with Gasteiger partial charge in [-0.15, -0.1) is 0 Å². The third-order valence-electron chi connectivity index (χ3n) is 5.29. The largest absolute Gasteiger partial charge is 0.459 e. The Hall–Kier alpha value is -1.82. The van der Waals surface area contributed by atoms with Crippen LogP contribution in [0.3, 0.4) is 0 Å².